The van der Waals surface area contributed by atoms with Crippen molar-refractivity contribution in [2.24, 2.45) is 0 Å². The molecule has 1 aliphatic rings. The normalized spacial score (nSPS) is 17.8. The summed E-state index contributed by atoms with van der Waals surface area (Å²) in [5, 5.41) is 0. The van der Waals surface area contributed by atoms with Crippen molar-refractivity contribution >= 4 is 0 Å². The van der Waals surface area contributed by atoms with Crippen LogP contribution in [0.2, 0.25) is 0 Å². The van der Waals surface area contributed by atoms with E-state index in [1.807, 2.05) is 6.20 Å². The van der Waals surface area contributed by atoms with Crippen LogP contribution in [0, 0.1) is 6.07 Å². The van der Waals surface area contributed by atoms with Gasteiger partial charge in [0.2, 0.25) is 0 Å². The topological polar surface area (TPSA) is 22.0 Å². The van der Waals surface area contributed by atoms with E-state index >= 15 is 0 Å². The summed E-state index contributed by atoms with van der Waals surface area (Å²) < 4.78 is 1.81. The first-order valence-electron chi connectivity index (χ1n) is 3.96. The molecule has 0 spiro atoms. The predicted octanol–water partition coefficient (Wildman–Crippen LogP) is 1.37. The molecule has 0 bridgehead atoms. The molecule has 11 heavy (non-hydrogen) atoms. The molecule has 0 aliphatic heterocycles. The number of hydrogen-bond acceptors (Lipinski definition) is 1. The van der Waals surface area contributed by atoms with Crippen LogP contribution in [-0.2, 0) is 0 Å². The Hall–Kier alpha value is -1.05. The van der Waals surface area contributed by atoms with Gasteiger partial charge in [-0.25, -0.2) is 0 Å². The van der Waals surface area contributed by atoms with Crippen molar-refractivity contribution in [3.05, 3.63) is 34.7 Å². The molecule has 1 aromatic rings. The van der Waals surface area contributed by atoms with E-state index in [9.17, 15) is 4.79 Å². The summed E-state index contributed by atoms with van der Waals surface area (Å²) in [5.74, 6) is 0. The van der Waals surface area contributed by atoms with Crippen LogP contribution in [0.5, 0.6) is 0 Å². The highest BCUT2D eigenvalue weighted by Crippen LogP contribution is 2.29. The molecule has 1 saturated carbocycles. The van der Waals surface area contributed by atoms with Crippen molar-refractivity contribution in [2.75, 3.05) is 0 Å². The molecular weight excluding hydrogens is 138 g/mol. The molecule has 2 heteroatoms. The van der Waals surface area contributed by atoms with E-state index in [-0.39, 0.29) is 5.56 Å². The Morgan fingerprint density at radius 1 is 1.55 bits per heavy atom. The van der Waals surface area contributed by atoms with Crippen LogP contribution < -0.4 is 5.56 Å². The van der Waals surface area contributed by atoms with E-state index in [2.05, 4.69) is 6.07 Å². The molecule has 2 nitrogen and oxygen atoms in total. The fourth-order valence-electron chi connectivity index (χ4n) is 1.36. The van der Waals surface area contributed by atoms with E-state index in [1.165, 1.54) is 12.5 Å². The maximum absolute atomic E-state index is 11.2. The van der Waals surface area contributed by atoms with Gasteiger partial charge < -0.3 is 4.57 Å². The summed E-state index contributed by atoms with van der Waals surface area (Å²) in [6, 6.07) is 6.53. The third kappa shape index (κ3) is 1.09. The molecule has 0 N–H and O–H groups in total. The lowest BCUT2D eigenvalue weighted by molar-refractivity contribution is 0.306. The number of pyridine rings is 1. The molecule has 2 rings (SSSR count). The predicted molar refractivity (Wildman–Crippen MR) is 42.4 cm³/mol. The van der Waals surface area contributed by atoms with Gasteiger partial charge in [0.25, 0.3) is 5.56 Å². The minimum absolute atomic E-state index is 0.0807. The van der Waals surface area contributed by atoms with Gasteiger partial charge in [0, 0.05) is 18.3 Å². The highest BCUT2D eigenvalue weighted by Gasteiger charge is 2.19. The number of hydrogen-bond donors (Lipinski definition) is 0. The summed E-state index contributed by atoms with van der Waals surface area (Å²) in [7, 11) is 0. The smallest absolute Gasteiger partial charge is 0.251 e. The van der Waals surface area contributed by atoms with Crippen LogP contribution in [0.3, 0.4) is 0 Å². The molecule has 1 radical (unpaired) electrons. The van der Waals surface area contributed by atoms with Gasteiger partial charge in [0.15, 0.2) is 0 Å². The summed E-state index contributed by atoms with van der Waals surface area (Å²) in [4.78, 5) is 11.2. The van der Waals surface area contributed by atoms with Gasteiger partial charge in [-0.1, -0.05) is 0 Å². The largest absolute Gasteiger partial charge is 0.312 e. The molecule has 1 heterocycles. The molecule has 1 aliphatic carbocycles. The van der Waals surface area contributed by atoms with E-state index < -0.39 is 0 Å². The van der Waals surface area contributed by atoms with Crippen molar-refractivity contribution in [3.8, 4) is 0 Å². The van der Waals surface area contributed by atoms with Crippen molar-refractivity contribution in [2.45, 2.75) is 25.3 Å². The highest BCUT2D eigenvalue weighted by atomic mass is 16.1. The Kier molecular flexibility index (Phi) is 1.53. The van der Waals surface area contributed by atoms with Crippen LogP contribution in [0.1, 0.15) is 25.3 Å². The lowest BCUT2D eigenvalue weighted by Crippen LogP contribution is -2.27. The van der Waals surface area contributed by atoms with Gasteiger partial charge in [-0.15, -0.1) is 0 Å². The lowest BCUT2D eigenvalue weighted by Gasteiger charge is -2.27. The van der Waals surface area contributed by atoms with E-state index in [0.29, 0.717) is 6.04 Å². The van der Waals surface area contributed by atoms with Crippen LogP contribution >= 0.6 is 0 Å². The lowest BCUT2D eigenvalue weighted by atomic mass is 9.93. The molecule has 57 valence electrons. The Bertz CT molecular complexity index is 298. The maximum Gasteiger partial charge on any atom is 0.251 e. The van der Waals surface area contributed by atoms with Crippen molar-refractivity contribution in [3.63, 3.8) is 0 Å². The van der Waals surface area contributed by atoms with E-state index in [4.69, 9.17) is 0 Å². The van der Waals surface area contributed by atoms with Crippen molar-refractivity contribution in [1.29, 1.82) is 0 Å². The van der Waals surface area contributed by atoms with Crippen molar-refractivity contribution < 1.29 is 0 Å². The number of rotatable bonds is 1. The fraction of sp³-hybridized carbons (Fsp3) is 0.444. The Labute approximate surface area is 65.5 Å². The van der Waals surface area contributed by atoms with E-state index in [0.717, 1.165) is 12.8 Å². The van der Waals surface area contributed by atoms with Crippen LogP contribution in [-0.4, -0.2) is 4.57 Å². The second-order valence-corrected chi connectivity index (χ2v) is 2.96. The van der Waals surface area contributed by atoms with Gasteiger partial charge >= 0.3 is 0 Å². The molecule has 1 fully saturated rings. The van der Waals surface area contributed by atoms with Gasteiger partial charge in [0.1, 0.15) is 0 Å². The average Bonchev–Trinajstić information content (AvgIpc) is 1.90. The fourth-order valence-corrected chi connectivity index (χ4v) is 1.36. The molecule has 0 saturated heterocycles. The second kappa shape index (κ2) is 2.53. The minimum atomic E-state index is 0.0807. The van der Waals surface area contributed by atoms with Gasteiger partial charge in [-0.3, -0.25) is 4.79 Å². The molecule has 0 aromatic carbocycles. The zero-order valence-corrected chi connectivity index (χ0v) is 6.29. The SMILES string of the molecule is O=c1c[c]ccn1C1CCC1. The Morgan fingerprint density at radius 3 is 2.91 bits per heavy atom. The average molecular weight is 148 g/mol. The minimum Gasteiger partial charge on any atom is -0.312 e. The molecular formula is C9H10NO. The van der Waals surface area contributed by atoms with Gasteiger partial charge in [-0.2, -0.15) is 0 Å². The summed E-state index contributed by atoms with van der Waals surface area (Å²) in [6.45, 7) is 0. The third-order valence-electron chi connectivity index (χ3n) is 2.26. The zero-order valence-electron chi connectivity index (χ0n) is 6.29. The van der Waals surface area contributed by atoms with Crippen LogP contribution in [0.25, 0.3) is 0 Å². The van der Waals surface area contributed by atoms with Gasteiger partial charge in [-0.05, 0) is 31.4 Å². The summed E-state index contributed by atoms with van der Waals surface area (Å²) >= 11 is 0. The summed E-state index contributed by atoms with van der Waals surface area (Å²) in [6.07, 6.45) is 5.40. The first-order chi connectivity index (χ1) is 5.38. The number of aromatic nitrogens is 1. The Morgan fingerprint density at radius 2 is 2.36 bits per heavy atom. The maximum atomic E-state index is 11.2. The quantitative estimate of drug-likeness (QED) is 0.589. The highest BCUT2D eigenvalue weighted by molar-refractivity contribution is 4.94. The molecule has 0 unspecified atom stereocenters. The Balaban J connectivity index is 2.36. The first kappa shape index (κ1) is 6.65. The molecule has 0 atom stereocenters. The molecule has 1 aromatic heterocycles. The van der Waals surface area contributed by atoms with Gasteiger partial charge in [0.05, 0.1) is 0 Å². The van der Waals surface area contributed by atoms with Crippen LogP contribution in [0.4, 0.5) is 0 Å². The monoisotopic (exact) mass is 148 g/mol. The van der Waals surface area contributed by atoms with Crippen molar-refractivity contribution in [1.82, 2.24) is 4.57 Å². The number of nitrogens with zero attached hydrogens (tertiary/aromatic N) is 1. The standard InChI is InChI=1S/C9H10NO/c11-9-6-1-2-7-10(9)8-4-3-5-8/h2,6-8H,3-5H2. The van der Waals surface area contributed by atoms with Crippen LogP contribution in [0.15, 0.2) is 23.1 Å². The second-order valence-electron chi connectivity index (χ2n) is 2.96. The molecule has 0 amide bonds. The summed E-state index contributed by atoms with van der Waals surface area (Å²) in [5.41, 5.74) is 0.0807. The first-order valence-corrected chi connectivity index (χ1v) is 3.96. The zero-order chi connectivity index (χ0) is 7.68. The third-order valence-corrected chi connectivity index (χ3v) is 2.26. The van der Waals surface area contributed by atoms with E-state index in [1.54, 1.807) is 10.6 Å².